The van der Waals surface area contributed by atoms with E-state index in [1.165, 1.54) is 10.7 Å². The van der Waals surface area contributed by atoms with E-state index < -0.39 is 5.82 Å². The van der Waals surface area contributed by atoms with Crippen LogP contribution in [0.3, 0.4) is 0 Å². The second kappa shape index (κ2) is 7.68. The molecule has 1 aliphatic heterocycles. The molecule has 0 aliphatic carbocycles. The Morgan fingerprint density at radius 3 is 2.44 bits per heavy atom. The Bertz CT molecular complexity index is 846. The lowest BCUT2D eigenvalue weighted by atomic mass is 10.1. The van der Waals surface area contributed by atoms with Gasteiger partial charge in [0, 0.05) is 38.8 Å². The Hall–Kier alpha value is -3.04. The molecule has 0 spiro atoms. The van der Waals surface area contributed by atoms with E-state index in [0.29, 0.717) is 43.1 Å². The summed E-state index contributed by atoms with van der Waals surface area (Å²) in [4.78, 5) is 28.2. The van der Waals surface area contributed by atoms with E-state index >= 15 is 0 Å². The molecule has 1 aromatic heterocycles. The fraction of sp³-hybridized carbons (Fsp3) is 0.471. The number of carbonyl (C=O) groups excluding carboxylic acids is 2. The first kappa shape index (κ1) is 18.7. The van der Waals surface area contributed by atoms with Gasteiger partial charge in [0.2, 0.25) is 0 Å². The third-order valence-corrected chi connectivity index (χ3v) is 4.65. The molecule has 9 nitrogen and oxygen atoms in total. The van der Waals surface area contributed by atoms with Crippen LogP contribution in [0.5, 0.6) is 0 Å². The van der Waals surface area contributed by atoms with Crippen molar-refractivity contribution in [2.45, 2.75) is 19.9 Å². The number of aromatic nitrogens is 4. The van der Waals surface area contributed by atoms with Gasteiger partial charge in [-0.05, 0) is 42.0 Å². The lowest BCUT2D eigenvalue weighted by molar-refractivity contribution is 0.0663. The van der Waals surface area contributed by atoms with Crippen molar-refractivity contribution in [1.29, 1.82) is 0 Å². The van der Waals surface area contributed by atoms with E-state index in [1.807, 2.05) is 0 Å². The molecule has 1 aromatic carbocycles. The minimum absolute atomic E-state index is 0.229. The molecule has 2 heterocycles. The Labute approximate surface area is 156 Å². The first-order valence-corrected chi connectivity index (χ1v) is 8.70. The number of nitrogens with one attached hydrogen (secondary N) is 1. The van der Waals surface area contributed by atoms with E-state index in [0.717, 1.165) is 0 Å². The number of piperazine rings is 1. The fourth-order valence-electron chi connectivity index (χ4n) is 2.97. The highest BCUT2D eigenvalue weighted by atomic mass is 19.1. The number of hydrogen-bond acceptors (Lipinski definition) is 5. The molecule has 0 radical (unpaired) electrons. The van der Waals surface area contributed by atoms with Crippen molar-refractivity contribution in [3.05, 3.63) is 41.0 Å². The molecule has 3 amide bonds. The molecule has 0 saturated carbocycles. The average Bonchev–Trinajstić information content (AvgIpc) is 3.09. The second-order valence-corrected chi connectivity index (χ2v) is 6.58. The van der Waals surface area contributed by atoms with Crippen molar-refractivity contribution in [3.63, 3.8) is 0 Å². The summed E-state index contributed by atoms with van der Waals surface area (Å²) in [6.45, 7) is 5.03. The van der Waals surface area contributed by atoms with E-state index in [4.69, 9.17) is 0 Å². The average molecular weight is 375 g/mol. The number of benzene rings is 1. The quantitative estimate of drug-likeness (QED) is 0.859. The first-order valence-electron chi connectivity index (χ1n) is 8.70. The number of halogens is 1. The zero-order valence-electron chi connectivity index (χ0n) is 15.5. The summed E-state index contributed by atoms with van der Waals surface area (Å²) in [6, 6.07) is 3.89. The molecule has 1 fully saturated rings. The minimum atomic E-state index is -0.397. The van der Waals surface area contributed by atoms with Crippen molar-refractivity contribution in [1.82, 2.24) is 35.3 Å². The first-order chi connectivity index (χ1) is 12.9. The smallest absolute Gasteiger partial charge is 0.318 e. The Morgan fingerprint density at radius 1 is 1.19 bits per heavy atom. The van der Waals surface area contributed by atoms with Crippen LogP contribution in [0.4, 0.5) is 9.18 Å². The summed E-state index contributed by atoms with van der Waals surface area (Å²) < 4.78 is 15.2. The van der Waals surface area contributed by atoms with Gasteiger partial charge in [0.25, 0.3) is 5.91 Å². The fourth-order valence-corrected chi connectivity index (χ4v) is 2.97. The van der Waals surface area contributed by atoms with Crippen molar-refractivity contribution in [2.24, 2.45) is 7.05 Å². The summed E-state index contributed by atoms with van der Waals surface area (Å²) in [5.41, 5.74) is 0.819. The molecular formula is C17H22FN7O2. The molecular weight excluding hydrogens is 353 g/mol. The Kier molecular flexibility index (Phi) is 5.33. The number of tetrazole rings is 1. The van der Waals surface area contributed by atoms with Crippen molar-refractivity contribution < 1.29 is 14.0 Å². The topological polar surface area (TPSA) is 96.2 Å². The molecule has 1 atom stereocenters. The molecule has 2 aromatic rings. The van der Waals surface area contributed by atoms with Gasteiger partial charge in [-0.1, -0.05) is 6.07 Å². The summed E-state index contributed by atoms with van der Waals surface area (Å²) in [6.07, 6.45) is 0. The second-order valence-electron chi connectivity index (χ2n) is 6.58. The van der Waals surface area contributed by atoms with Gasteiger partial charge in [-0.2, -0.15) is 0 Å². The SMILES string of the molecule is Cc1ccc(C(=O)N2CCN(C(=O)N[C@@H](C)c3nnnn3C)CC2)cc1F. The molecule has 1 saturated heterocycles. The van der Waals surface area contributed by atoms with Crippen LogP contribution in [-0.2, 0) is 7.05 Å². The molecule has 1 N–H and O–H groups in total. The van der Waals surface area contributed by atoms with Gasteiger partial charge in [0.05, 0.1) is 6.04 Å². The third kappa shape index (κ3) is 4.04. The van der Waals surface area contributed by atoms with Crippen LogP contribution in [-0.4, -0.2) is 68.1 Å². The summed E-state index contributed by atoms with van der Waals surface area (Å²) in [5, 5.41) is 14.0. The molecule has 0 unspecified atom stereocenters. The van der Waals surface area contributed by atoms with E-state index in [2.05, 4.69) is 20.8 Å². The maximum Gasteiger partial charge on any atom is 0.318 e. The Morgan fingerprint density at radius 2 is 1.85 bits per heavy atom. The molecule has 3 rings (SSSR count). The van der Waals surface area contributed by atoms with Crippen LogP contribution in [0.2, 0.25) is 0 Å². The van der Waals surface area contributed by atoms with Crippen LogP contribution in [0.1, 0.15) is 34.7 Å². The van der Waals surface area contributed by atoms with Gasteiger partial charge in [0.1, 0.15) is 5.82 Å². The maximum atomic E-state index is 13.7. The van der Waals surface area contributed by atoms with Crippen LogP contribution in [0, 0.1) is 12.7 Å². The highest BCUT2D eigenvalue weighted by Crippen LogP contribution is 2.14. The number of rotatable bonds is 3. The predicted molar refractivity (Wildman–Crippen MR) is 94.4 cm³/mol. The standard InChI is InChI=1S/C17H22FN7O2/c1-11-4-5-13(10-14(11)18)16(26)24-6-8-25(9-7-24)17(27)19-12(2)15-20-21-22-23(15)3/h4-5,10,12H,6-9H2,1-3H3,(H,19,27)/t12-/m0/s1. The molecule has 10 heteroatoms. The van der Waals surface area contributed by atoms with Crippen molar-refractivity contribution >= 4 is 11.9 Å². The number of aryl methyl sites for hydroxylation is 2. The highest BCUT2D eigenvalue weighted by Gasteiger charge is 2.26. The van der Waals surface area contributed by atoms with E-state index in [9.17, 15) is 14.0 Å². The van der Waals surface area contributed by atoms with Gasteiger partial charge in [0.15, 0.2) is 5.82 Å². The van der Waals surface area contributed by atoms with E-state index in [1.54, 1.807) is 42.8 Å². The van der Waals surface area contributed by atoms with Crippen molar-refractivity contribution in [2.75, 3.05) is 26.2 Å². The molecule has 144 valence electrons. The van der Waals surface area contributed by atoms with Crippen LogP contribution >= 0.6 is 0 Å². The van der Waals surface area contributed by atoms with Gasteiger partial charge >= 0.3 is 6.03 Å². The number of amides is 3. The monoisotopic (exact) mass is 375 g/mol. The lowest BCUT2D eigenvalue weighted by Gasteiger charge is -2.35. The largest absolute Gasteiger partial charge is 0.335 e. The van der Waals surface area contributed by atoms with E-state index in [-0.39, 0.29) is 18.0 Å². The maximum absolute atomic E-state index is 13.7. The Balaban J connectivity index is 1.55. The highest BCUT2D eigenvalue weighted by molar-refractivity contribution is 5.94. The zero-order valence-corrected chi connectivity index (χ0v) is 15.5. The summed E-state index contributed by atoms with van der Waals surface area (Å²) in [5.74, 6) is -0.0721. The number of carbonyl (C=O) groups is 2. The molecule has 1 aliphatic rings. The van der Waals surface area contributed by atoms with Crippen LogP contribution in [0.25, 0.3) is 0 Å². The normalized spacial score (nSPS) is 15.6. The van der Waals surface area contributed by atoms with Crippen LogP contribution < -0.4 is 5.32 Å². The number of hydrogen-bond donors (Lipinski definition) is 1. The van der Waals surface area contributed by atoms with Crippen LogP contribution in [0.15, 0.2) is 18.2 Å². The van der Waals surface area contributed by atoms with Gasteiger partial charge < -0.3 is 15.1 Å². The zero-order chi connectivity index (χ0) is 19.6. The molecule has 0 bridgehead atoms. The third-order valence-electron chi connectivity index (χ3n) is 4.65. The van der Waals surface area contributed by atoms with Gasteiger partial charge in [-0.3, -0.25) is 4.79 Å². The van der Waals surface area contributed by atoms with Gasteiger partial charge in [-0.15, -0.1) is 5.10 Å². The minimum Gasteiger partial charge on any atom is -0.335 e. The lowest BCUT2D eigenvalue weighted by Crippen LogP contribution is -2.53. The summed E-state index contributed by atoms with van der Waals surface area (Å²) >= 11 is 0. The molecule has 27 heavy (non-hydrogen) atoms. The van der Waals surface area contributed by atoms with Crippen molar-refractivity contribution in [3.8, 4) is 0 Å². The number of urea groups is 1. The predicted octanol–water partition coefficient (Wildman–Crippen LogP) is 0.886. The van der Waals surface area contributed by atoms with Gasteiger partial charge in [-0.25, -0.2) is 13.9 Å². The number of nitrogens with zero attached hydrogens (tertiary/aromatic N) is 6. The summed E-state index contributed by atoms with van der Waals surface area (Å²) in [7, 11) is 1.70.